The molecule has 0 unspecified atom stereocenters. The molecule has 0 aromatic heterocycles. The van der Waals surface area contributed by atoms with Crippen molar-refractivity contribution < 1.29 is 9.53 Å². The third kappa shape index (κ3) is 2.46. The number of ketones is 1. The van der Waals surface area contributed by atoms with Crippen molar-refractivity contribution in [1.29, 1.82) is 0 Å². The van der Waals surface area contributed by atoms with E-state index in [1.165, 1.54) is 0 Å². The van der Waals surface area contributed by atoms with Gasteiger partial charge < -0.3 is 10.5 Å². The number of hydrogen-bond acceptors (Lipinski definition) is 3. The van der Waals surface area contributed by atoms with E-state index in [-0.39, 0.29) is 50.4 Å². The van der Waals surface area contributed by atoms with E-state index >= 15 is 0 Å². The van der Waals surface area contributed by atoms with Gasteiger partial charge in [0.25, 0.3) is 0 Å². The summed E-state index contributed by atoms with van der Waals surface area (Å²) in [6.07, 6.45) is -0.0810. The first-order chi connectivity index (χ1) is 3.72. The molecule has 62 valence electrons. The van der Waals surface area contributed by atoms with Crippen LogP contribution >= 0.6 is 25.9 Å². The fourth-order valence-corrected chi connectivity index (χ4v) is 0.675. The summed E-state index contributed by atoms with van der Waals surface area (Å²) in [5, 5.41) is 0. The van der Waals surface area contributed by atoms with Crippen LogP contribution < -0.4 is 5.73 Å². The molecule has 10 heavy (non-hydrogen) atoms. The Kier molecular flexibility index (Phi) is 6.38. The summed E-state index contributed by atoms with van der Waals surface area (Å²) in [7, 11) is 0. The summed E-state index contributed by atoms with van der Waals surface area (Å²) in [5.41, 5.74) is 5.35. The number of ether oxygens (including phenoxy) is 1. The van der Waals surface area contributed by atoms with Crippen molar-refractivity contribution in [2.24, 2.45) is 5.73 Å². The van der Waals surface area contributed by atoms with E-state index in [0.29, 0.717) is 0 Å². The fourth-order valence-electron chi connectivity index (χ4n) is 0.675. The molecule has 1 rings (SSSR count). The molecule has 0 spiro atoms. The number of rotatable bonds is 0. The van der Waals surface area contributed by atoms with Crippen molar-refractivity contribution in [2.75, 3.05) is 6.61 Å². The van der Waals surface area contributed by atoms with Gasteiger partial charge in [0.1, 0.15) is 6.61 Å². The van der Waals surface area contributed by atoms with Crippen LogP contribution in [0.15, 0.2) is 0 Å². The van der Waals surface area contributed by atoms with Gasteiger partial charge in [0.15, 0.2) is 5.78 Å². The molecular formula is C5H12ClNO2S. The lowest BCUT2D eigenvalue weighted by Gasteiger charge is -2.03. The van der Waals surface area contributed by atoms with Crippen LogP contribution in [0.3, 0.4) is 0 Å². The maximum absolute atomic E-state index is 10.5. The van der Waals surface area contributed by atoms with E-state index in [9.17, 15) is 4.79 Å². The molecule has 3 nitrogen and oxygen atoms in total. The molecular weight excluding hydrogens is 174 g/mol. The number of carbonyl (C=O) groups excluding carboxylic acids is 1. The first kappa shape index (κ1) is 12.9. The highest BCUT2D eigenvalue weighted by atomic mass is 35.5. The van der Waals surface area contributed by atoms with Gasteiger partial charge in [-0.15, -0.1) is 12.4 Å². The average molecular weight is 186 g/mol. The van der Waals surface area contributed by atoms with Gasteiger partial charge in [0.2, 0.25) is 0 Å². The summed E-state index contributed by atoms with van der Waals surface area (Å²) in [5.74, 6) is 0.0116. The first-order valence-corrected chi connectivity index (χ1v) is 2.61. The van der Waals surface area contributed by atoms with Gasteiger partial charge in [0, 0.05) is 0 Å². The van der Waals surface area contributed by atoms with Gasteiger partial charge in [-0.3, -0.25) is 4.79 Å². The Morgan fingerprint density at radius 2 is 2.20 bits per heavy atom. The van der Waals surface area contributed by atoms with E-state index in [0.717, 1.165) is 0 Å². The second kappa shape index (κ2) is 4.96. The topological polar surface area (TPSA) is 52.3 Å². The van der Waals surface area contributed by atoms with E-state index in [2.05, 4.69) is 0 Å². The van der Waals surface area contributed by atoms with E-state index in [1.54, 1.807) is 6.92 Å². The molecule has 0 aromatic rings. The number of Topliss-reactive ketones (excluding diaryl/α,β-unsaturated/α-hetero) is 1. The van der Waals surface area contributed by atoms with Gasteiger partial charge >= 0.3 is 0 Å². The molecule has 1 saturated heterocycles. The standard InChI is InChI=1S/C5H9NO2.ClH.H2S/c1-3-5(6)4(7)2-8-3;;/h3,5H,2,6H2,1H3;1H;1H2/t3-,5+;;/m1../s1. The summed E-state index contributed by atoms with van der Waals surface area (Å²) >= 11 is 0. The molecule has 0 amide bonds. The molecule has 2 atom stereocenters. The zero-order valence-corrected chi connectivity index (χ0v) is 7.48. The van der Waals surface area contributed by atoms with Gasteiger partial charge in [-0.05, 0) is 6.92 Å². The molecule has 0 radical (unpaired) electrons. The van der Waals surface area contributed by atoms with Crippen LogP contribution in [0.4, 0.5) is 0 Å². The third-order valence-electron chi connectivity index (χ3n) is 1.37. The third-order valence-corrected chi connectivity index (χ3v) is 1.37. The van der Waals surface area contributed by atoms with Crippen molar-refractivity contribution in [2.45, 2.75) is 19.1 Å². The summed E-state index contributed by atoms with van der Waals surface area (Å²) in [4.78, 5) is 10.5. The number of nitrogens with two attached hydrogens (primary N) is 1. The lowest BCUT2D eigenvalue weighted by Crippen LogP contribution is -2.33. The largest absolute Gasteiger partial charge is 0.369 e. The highest BCUT2D eigenvalue weighted by Crippen LogP contribution is 2.05. The van der Waals surface area contributed by atoms with Gasteiger partial charge in [-0.2, -0.15) is 13.5 Å². The highest BCUT2D eigenvalue weighted by Gasteiger charge is 2.28. The Morgan fingerprint density at radius 3 is 2.30 bits per heavy atom. The molecule has 1 fully saturated rings. The predicted octanol–water partition coefficient (Wildman–Crippen LogP) is -0.164. The first-order valence-electron chi connectivity index (χ1n) is 2.61. The Bertz CT molecular complexity index is 122. The molecule has 0 bridgehead atoms. The molecule has 1 heterocycles. The van der Waals surface area contributed by atoms with Crippen LogP contribution in [0.25, 0.3) is 0 Å². The summed E-state index contributed by atoms with van der Waals surface area (Å²) in [6, 6.07) is -0.380. The number of hydrogen-bond donors (Lipinski definition) is 1. The van der Waals surface area contributed by atoms with Crippen molar-refractivity contribution in [1.82, 2.24) is 0 Å². The monoisotopic (exact) mass is 185 g/mol. The Balaban J connectivity index is 0. The molecule has 1 aliphatic heterocycles. The zero-order valence-electron chi connectivity index (χ0n) is 5.66. The van der Waals surface area contributed by atoms with Crippen LogP contribution in [0.2, 0.25) is 0 Å². The average Bonchev–Trinajstić information content (AvgIpc) is 1.98. The van der Waals surface area contributed by atoms with Crippen LogP contribution in [0, 0.1) is 0 Å². The normalized spacial score (nSPS) is 30.8. The van der Waals surface area contributed by atoms with E-state index in [1.807, 2.05) is 0 Å². The van der Waals surface area contributed by atoms with Crippen LogP contribution in [-0.2, 0) is 9.53 Å². The molecule has 0 aromatic carbocycles. The van der Waals surface area contributed by atoms with E-state index in [4.69, 9.17) is 10.5 Å². The minimum Gasteiger partial charge on any atom is -0.369 e. The van der Waals surface area contributed by atoms with Crippen molar-refractivity contribution in [3.8, 4) is 0 Å². The minimum atomic E-state index is -0.380. The second-order valence-electron chi connectivity index (χ2n) is 2.01. The molecule has 0 saturated carbocycles. The summed E-state index contributed by atoms with van der Waals surface area (Å²) < 4.78 is 4.90. The van der Waals surface area contributed by atoms with Crippen molar-refractivity contribution >= 4 is 31.7 Å². The lowest BCUT2D eigenvalue weighted by molar-refractivity contribution is -0.118. The quantitative estimate of drug-likeness (QED) is 0.571. The molecule has 0 aliphatic carbocycles. The van der Waals surface area contributed by atoms with Crippen molar-refractivity contribution in [3.63, 3.8) is 0 Å². The Labute approximate surface area is 73.2 Å². The SMILES string of the molecule is C[C@H]1OCC(=O)[C@H]1N.Cl.S. The maximum atomic E-state index is 10.5. The van der Waals surface area contributed by atoms with Crippen LogP contribution in [-0.4, -0.2) is 24.5 Å². The maximum Gasteiger partial charge on any atom is 0.177 e. The number of carbonyl (C=O) groups is 1. The lowest BCUT2D eigenvalue weighted by atomic mass is 10.2. The highest BCUT2D eigenvalue weighted by molar-refractivity contribution is 7.59. The molecule has 1 aliphatic rings. The summed E-state index contributed by atoms with van der Waals surface area (Å²) in [6.45, 7) is 2.00. The van der Waals surface area contributed by atoms with E-state index < -0.39 is 0 Å². The number of halogens is 1. The minimum absolute atomic E-state index is 0. The van der Waals surface area contributed by atoms with Gasteiger partial charge in [-0.1, -0.05) is 0 Å². The predicted molar refractivity (Wildman–Crippen MR) is 46.0 cm³/mol. The Morgan fingerprint density at radius 1 is 1.70 bits per heavy atom. The van der Waals surface area contributed by atoms with Crippen molar-refractivity contribution in [3.05, 3.63) is 0 Å². The van der Waals surface area contributed by atoms with Gasteiger partial charge in [-0.25, -0.2) is 0 Å². The van der Waals surface area contributed by atoms with Crippen LogP contribution in [0.1, 0.15) is 6.92 Å². The van der Waals surface area contributed by atoms with Crippen LogP contribution in [0.5, 0.6) is 0 Å². The molecule has 5 heteroatoms. The van der Waals surface area contributed by atoms with Gasteiger partial charge in [0.05, 0.1) is 12.1 Å². The second-order valence-corrected chi connectivity index (χ2v) is 2.01. The Hall–Kier alpha value is 0.230. The molecule has 2 N–H and O–H groups in total. The fraction of sp³-hybridized carbons (Fsp3) is 0.800. The zero-order chi connectivity index (χ0) is 6.15. The smallest absolute Gasteiger partial charge is 0.177 e.